The Hall–Kier alpha value is -5.19. The maximum Gasteiger partial charge on any atom is 0.227 e. The predicted molar refractivity (Wildman–Crippen MR) is 171 cm³/mol. The number of hydrogen-bond donors (Lipinski definition) is 0. The number of oxazole rings is 1. The molecular formula is C37H22N2OS. The Kier molecular flexibility index (Phi) is 4.77. The standard InChI is InChI=1S/C37H22N2OS/c1-3-10-23(11-4-1)37-38-35-30-16-9-12-24-20-27(21-31(34(24)30)36(35)40-37)39(25-13-5-2-6-14-25)26-18-19-29-28-15-7-8-17-32(28)41-33(29)22-26/h1-22H. The van der Waals surface area contributed by atoms with Crippen molar-refractivity contribution in [3.05, 3.63) is 133 Å². The van der Waals surface area contributed by atoms with Crippen LogP contribution < -0.4 is 4.90 Å². The average molecular weight is 543 g/mol. The van der Waals surface area contributed by atoms with Gasteiger partial charge in [0.15, 0.2) is 5.76 Å². The molecule has 0 saturated heterocycles. The fourth-order valence-electron chi connectivity index (χ4n) is 6.18. The van der Waals surface area contributed by atoms with Crippen LogP contribution in [0.2, 0.25) is 0 Å². The Bertz CT molecular complexity index is 2260. The predicted octanol–water partition coefficient (Wildman–Crippen LogP) is 11.0. The van der Waals surface area contributed by atoms with E-state index in [2.05, 4.69) is 108 Å². The van der Waals surface area contributed by atoms with Gasteiger partial charge in [0.05, 0.1) is 0 Å². The van der Waals surface area contributed by atoms with Gasteiger partial charge in [-0.25, -0.2) is 4.98 Å². The van der Waals surface area contributed by atoms with E-state index in [0.717, 1.165) is 45.2 Å². The van der Waals surface area contributed by atoms with Crippen LogP contribution in [0.15, 0.2) is 138 Å². The van der Waals surface area contributed by atoms with Crippen LogP contribution in [0.4, 0.5) is 17.1 Å². The van der Waals surface area contributed by atoms with Crippen molar-refractivity contribution in [2.24, 2.45) is 0 Å². The first-order valence-corrected chi connectivity index (χ1v) is 14.5. The highest BCUT2D eigenvalue weighted by atomic mass is 32.1. The Labute approximate surface area is 240 Å². The van der Waals surface area contributed by atoms with E-state index >= 15 is 0 Å². The summed E-state index contributed by atoms with van der Waals surface area (Å²) in [6.07, 6.45) is 0. The summed E-state index contributed by atoms with van der Waals surface area (Å²) in [7, 11) is 0. The van der Waals surface area contributed by atoms with E-state index in [1.54, 1.807) is 0 Å². The Morgan fingerprint density at radius 2 is 1.34 bits per heavy atom. The smallest absolute Gasteiger partial charge is 0.227 e. The van der Waals surface area contributed by atoms with Gasteiger partial charge in [0.1, 0.15) is 5.69 Å². The molecule has 6 aromatic carbocycles. The molecule has 4 heteroatoms. The Morgan fingerprint density at radius 3 is 2.22 bits per heavy atom. The van der Waals surface area contributed by atoms with Gasteiger partial charge in [0, 0.05) is 59.3 Å². The molecule has 3 nitrogen and oxygen atoms in total. The maximum atomic E-state index is 6.49. The lowest BCUT2D eigenvalue weighted by Gasteiger charge is -2.26. The van der Waals surface area contributed by atoms with Gasteiger partial charge in [-0.15, -0.1) is 11.3 Å². The van der Waals surface area contributed by atoms with Gasteiger partial charge in [-0.2, -0.15) is 0 Å². The molecule has 0 unspecified atom stereocenters. The minimum Gasteiger partial charge on any atom is -0.435 e. The summed E-state index contributed by atoms with van der Waals surface area (Å²) < 4.78 is 9.08. The molecule has 9 rings (SSSR count). The Morgan fingerprint density at radius 1 is 0.561 bits per heavy atom. The number of para-hydroxylation sites is 1. The monoisotopic (exact) mass is 542 g/mol. The molecule has 0 spiro atoms. The van der Waals surface area contributed by atoms with E-state index in [0.29, 0.717) is 5.89 Å². The first-order valence-electron chi connectivity index (χ1n) is 13.7. The molecule has 2 heterocycles. The summed E-state index contributed by atoms with van der Waals surface area (Å²) in [4.78, 5) is 7.31. The highest BCUT2D eigenvalue weighted by Crippen LogP contribution is 2.51. The zero-order valence-electron chi connectivity index (χ0n) is 21.9. The van der Waals surface area contributed by atoms with E-state index in [1.807, 2.05) is 41.7 Å². The molecular weight excluding hydrogens is 520 g/mol. The van der Waals surface area contributed by atoms with Gasteiger partial charge in [-0.05, 0) is 60.0 Å². The van der Waals surface area contributed by atoms with Gasteiger partial charge in [-0.3, -0.25) is 0 Å². The highest BCUT2D eigenvalue weighted by Gasteiger charge is 2.29. The maximum absolute atomic E-state index is 6.49. The van der Waals surface area contributed by atoms with Crippen LogP contribution in [-0.4, -0.2) is 4.98 Å². The number of nitrogens with zero attached hydrogens (tertiary/aromatic N) is 2. The molecule has 192 valence electrons. The summed E-state index contributed by atoms with van der Waals surface area (Å²) in [5.74, 6) is 1.49. The summed E-state index contributed by atoms with van der Waals surface area (Å²) in [6, 6.07) is 47.2. The molecule has 1 aliphatic carbocycles. The number of benzene rings is 6. The van der Waals surface area contributed by atoms with E-state index in [4.69, 9.17) is 9.40 Å². The summed E-state index contributed by atoms with van der Waals surface area (Å²) >= 11 is 1.84. The van der Waals surface area contributed by atoms with Gasteiger partial charge >= 0.3 is 0 Å². The van der Waals surface area contributed by atoms with Crippen molar-refractivity contribution in [2.75, 3.05) is 4.90 Å². The van der Waals surface area contributed by atoms with Crippen molar-refractivity contribution in [2.45, 2.75) is 0 Å². The molecule has 41 heavy (non-hydrogen) atoms. The number of rotatable bonds is 4. The third-order valence-corrected chi connectivity index (χ3v) is 9.14. The number of hydrogen-bond acceptors (Lipinski definition) is 4. The molecule has 0 amide bonds. The summed E-state index contributed by atoms with van der Waals surface area (Å²) in [5.41, 5.74) is 7.43. The average Bonchev–Trinajstić information content (AvgIpc) is 3.71. The van der Waals surface area contributed by atoms with Crippen LogP contribution in [0.1, 0.15) is 0 Å². The fraction of sp³-hybridized carbons (Fsp3) is 0. The van der Waals surface area contributed by atoms with Crippen LogP contribution in [0.25, 0.3) is 65.0 Å². The third kappa shape index (κ3) is 3.41. The van der Waals surface area contributed by atoms with Crippen LogP contribution >= 0.6 is 11.3 Å². The van der Waals surface area contributed by atoms with Crippen LogP contribution in [0.3, 0.4) is 0 Å². The highest BCUT2D eigenvalue weighted by molar-refractivity contribution is 7.25. The summed E-state index contributed by atoms with van der Waals surface area (Å²) in [6.45, 7) is 0. The lowest BCUT2D eigenvalue weighted by molar-refractivity contribution is 0.590. The second kappa shape index (κ2) is 8.65. The van der Waals surface area contributed by atoms with Crippen molar-refractivity contribution in [3.63, 3.8) is 0 Å². The lowest BCUT2D eigenvalue weighted by atomic mass is 10.0. The van der Waals surface area contributed by atoms with E-state index in [-0.39, 0.29) is 0 Å². The molecule has 8 aromatic rings. The van der Waals surface area contributed by atoms with Crippen molar-refractivity contribution < 1.29 is 4.42 Å². The fourth-order valence-corrected chi connectivity index (χ4v) is 7.32. The zero-order chi connectivity index (χ0) is 26.9. The minimum atomic E-state index is 0.652. The molecule has 0 bridgehead atoms. The molecule has 1 aliphatic rings. The molecule has 0 fully saturated rings. The first-order chi connectivity index (χ1) is 20.3. The quantitative estimate of drug-likeness (QED) is 0.221. The number of aromatic nitrogens is 1. The van der Waals surface area contributed by atoms with Crippen molar-refractivity contribution in [1.29, 1.82) is 0 Å². The number of thiophene rings is 1. The minimum absolute atomic E-state index is 0.652. The topological polar surface area (TPSA) is 29.3 Å². The normalized spacial score (nSPS) is 11.9. The molecule has 0 atom stereocenters. The number of anilines is 3. The van der Waals surface area contributed by atoms with Gasteiger partial charge in [-0.1, -0.05) is 78.9 Å². The van der Waals surface area contributed by atoms with Crippen LogP contribution in [-0.2, 0) is 0 Å². The molecule has 2 aromatic heterocycles. The van der Waals surface area contributed by atoms with Crippen molar-refractivity contribution >= 4 is 59.3 Å². The second-order valence-electron chi connectivity index (χ2n) is 10.4. The molecule has 0 aliphatic heterocycles. The van der Waals surface area contributed by atoms with Gasteiger partial charge in [0.2, 0.25) is 5.89 Å². The lowest BCUT2D eigenvalue weighted by Crippen LogP contribution is -2.09. The Balaban J connectivity index is 1.26. The van der Waals surface area contributed by atoms with Crippen LogP contribution in [0, 0.1) is 0 Å². The van der Waals surface area contributed by atoms with E-state index in [1.165, 1.54) is 30.9 Å². The first kappa shape index (κ1) is 22.6. The second-order valence-corrected chi connectivity index (χ2v) is 11.5. The van der Waals surface area contributed by atoms with Crippen molar-refractivity contribution in [3.8, 4) is 34.0 Å². The van der Waals surface area contributed by atoms with E-state index < -0.39 is 0 Å². The van der Waals surface area contributed by atoms with E-state index in [9.17, 15) is 0 Å². The zero-order valence-corrected chi connectivity index (χ0v) is 22.7. The third-order valence-electron chi connectivity index (χ3n) is 8.00. The van der Waals surface area contributed by atoms with Gasteiger partial charge < -0.3 is 9.32 Å². The number of fused-ring (bicyclic) bond motifs is 6. The molecule has 0 saturated carbocycles. The largest absolute Gasteiger partial charge is 0.435 e. The molecule has 0 N–H and O–H groups in total. The summed E-state index contributed by atoms with van der Waals surface area (Å²) in [5, 5.41) is 4.98. The molecule has 0 radical (unpaired) electrons. The van der Waals surface area contributed by atoms with Gasteiger partial charge in [0.25, 0.3) is 0 Å². The van der Waals surface area contributed by atoms with Crippen LogP contribution in [0.5, 0.6) is 0 Å². The SMILES string of the molecule is c1ccc(-c2nc3c(o2)-c2cc(N(c4ccccc4)c4ccc5c(c4)sc4ccccc45)cc4cccc-3c24)cc1. The van der Waals surface area contributed by atoms with Crippen molar-refractivity contribution in [1.82, 2.24) is 4.98 Å².